The summed E-state index contributed by atoms with van der Waals surface area (Å²) >= 11 is 0. The van der Waals surface area contributed by atoms with Crippen molar-refractivity contribution in [1.82, 2.24) is 4.31 Å². The van der Waals surface area contributed by atoms with Gasteiger partial charge in [0.1, 0.15) is 10.7 Å². The highest BCUT2D eigenvalue weighted by Gasteiger charge is 2.39. The Morgan fingerprint density at radius 3 is 2.58 bits per heavy atom. The number of sulfonamides is 1. The fraction of sp³-hybridized carbons (Fsp3) is 0.538. The van der Waals surface area contributed by atoms with E-state index in [2.05, 4.69) is 0 Å². The summed E-state index contributed by atoms with van der Waals surface area (Å²) in [5.41, 5.74) is 5.28. The Bertz CT molecular complexity index is 568. The van der Waals surface area contributed by atoms with E-state index in [9.17, 15) is 12.8 Å². The van der Waals surface area contributed by atoms with Gasteiger partial charge in [0.15, 0.2) is 0 Å². The van der Waals surface area contributed by atoms with Gasteiger partial charge in [-0.25, -0.2) is 12.8 Å². The summed E-state index contributed by atoms with van der Waals surface area (Å²) in [6.45, 7) is 4.35. The van der Waals surface area contributed by atoms with Crippen molar-refractivity contribution in [2.24, 2.45) is 5.92 Å². The summed E-state index contributed by atoms with van der Waals surface area (Å²) in [5, 5.41) is 0. The normalized spacial score (nSPS) is 16.3. The average Bonchev–Trinajstić information content (AvgIpc) is 3.13. The number of benzene rings is 1. The van der Waals surface area contributed by atoms with Crippen LogP contribution in [0.4, 0.5) is 10.1 Å². The van der Waals surface area contributed by atoms with Gasteiger partial charge in [-0.3, -0.25) is 0 Å². The van der Waals surface area contributed by atoms with Gasteiger partial charge in [-0.2, -0.15) is 4.31 Å². The molecule has 1 saturated carbocycles. The Balaban J connectivity index is 2.42. The molecule has 0 saturated heterocycles. The summed E-state index contributed by atoms with van der Waals surface area (Å²) in [7, 11) is -3.72. The van der Waals surface area contributed by atoms with Gasteiger partial charge in [-0.1, -0.05) is 19.9 Å². The molecule has 106 valence electrons. The van der Waals surface area contributed by atoms with Crippen molar-refractivity contribution in [3.8, 4) is 0 Å². The summed E-state index contributed by atoms with van der Waals surface area (Å²) in [4.78, 5) is -0.125. The van der Waals surface area contributed by atoms with E-state index in [-0.39, 0.29) is 22.5 Å². The van der Waals surface area contributed by atoms with Crippen LogP contribution in [0.3, 0.4) is 0 Å². The van der Waals surface area contributed by atoms with Gasteiger partial charge in [0.25, 0.3) is 0 Å². The highest BCUT2D eigenvalue weighted by atomic mass is 32.2. The zero-order valence-corrected chi connectivity index (χ0v) is 12.0. The zero-order chi connectivity index (χ0) is 14.2. The third-order valence-corrected chi connectivity index (χ3v) is 5.08. The van der Waals surface area contributed by atoms with E-state index >= 15 is 0 Å². The number of rotatable bonds is 5. The number of nitrogens with two attached hydrogens (primary N) is 1. The monoisotopic (exact) mass is 286 g/mol. The predicted molar refractivity (Wildman–Crippen MR) is 72.6 cm³/mol. The summed E-state index contributed by atoms with van der Waals surface area (Å²) in [6.07, 6.45) is 1.72. The van der Waals surface area contributed by atoms with Crippen LogP contribution in [0.25, 0.3) is 0 Å². The molecule has 0 atom stereocenters. The molecule has 0 bridgehead atoms. The molecule has 0 amide bonds. The third kappa shape index (κ3) is 2.90. The van der Waals surface area contributed by atoms with Crippen LogP contribution in [0.2, 0.25) is 0 Å². The molecule has 1 aliphatic carbocycles. The van der Waals surface area contributed by atoms with E-state index in [4.69, 9.17) is 5.73 Å². The van der Waals surface area contributed by atoms with Gasteiger partial charge in [-0.15, -0.1) is 0 Å². The molecule has 0 unspecified atom stereocenters. The van der Waals surface area contributed by atoms with Gasteiger partial charge in [0.05, 0.1) is 5.69 Å². The van der Waals surface area contributed by atoms with Gasteiger partial charge in [0, 0.05) is 12.6 Å². The number of halogens is 1. The van der Waals surface area contributed by atoms with E-state index in [1.807, 2.05) is 13.8 Å². The first-order valence-electron chi connectivity index (χ1n) is 6.40. The second-order valence-electron chi connectivity index (χ2n) is 5.35. The minimum absolute atomic E-state index is 0.0371. The number of hydrogen-bond acceptors (Lipinski definition) is 3. The van der Waals surface area contributed by atoms with Gasteiger partial charge >= 0.3 is 0 Å². The minimum atomic E-state index is -3.72. The van der Waals surface area contributed by atoms with E-state index in [0.717, 1.165) is 18.9 Å². The Hall–Kier alpha value is -1.14. The maximum atomic E-state index is 13.4. The molecule has 1 aromatic carbocycles. The summed E-state index contributed by atoms with van der Waals surface area (Å²) in [5.74, 6) is -0.480. The van der Waals surface area contributed by atoms with Crippen LogP contribution in [0.1, 0.15) is 26.7 Å². The van der Waals surface area contributed by atoms with E-state index < -0.39 is 15.8 Å². The van der Waals surface area contributed by atoms with Crippen LogP contribution < -0.4 is 5.73 Å². The molecule has 19 heavy (non-hydrogen) atoms. The number of anilines is 1. The average molecular weight is 286 g/mol. The van der Waals surface area contributed by atoms with E-state index in [0.29, 0.717) is 6.54 Å². The highest BCUT2D eigenvalue weighted by molar-refractivity contribution is 7.89. The van der Waals surface area contributed by atoms with Crippen molar-refractivity contribution in [2.75, 3.05) is 12.3 Å². The van der Waals surface area contributed by atoms with Gasteiger partial charge in [-0.05, 0) is 30.9 Å². The molecule has 1 aromatic rings. The minimum Gasteiger partial charge on any atom is -0.395 e. The summed E-state index contributed by atoms with van der Waals surface area (Å²) < 4.78 is 40.1. The van der Waals surface area contributed by atoms with Crippen molar-refractivity contribution in [2.45, 2.75) is 37.6 Å². The molecular formula is C13H19FN2O2S. The molecule has 0 heterocycles. The van der Waals surface area contributed by atoms with Crippen molar-refractivity contribution in [3.63, 3.8) is 0 Å². The standard InChI is InChI=1S/C13H19FN2O2S/c1-9(2)8-16(10-6-7-10)19(17,18)12-5-3-4-11(14)13(12)15/h3-5,9-10H,6-8,15H2,1-2H3. The SMILES string of the molecule is CC(C)CN(C1CC1)S(=O)(=O)c1cccc(F)c1N. The Labute approximate surface area is 113 Å². The zero-order valence-electron chi connectivity index (χ0n) is 11.1. The number of nitrogens with zero attached hydrogens (tertiary/aromatic N) is 1. The largest absolute Gasteiger partial charge is 0.395 e. The molecule has 0 aliphatic heterocycles. The second kappa shape index (κ2) is 5.09. The maximum Gasteiger partial charge on any atom is 0.245 e. The molecule has 1 aliphatic rings. The van der Waals surface area contributed by atoms with Crippen molar-refractivity contribution in [1.29, 1.82) is 0 Å². The second-order valence-corrected chi connectivity index (χ2v) is 7.21. The van der Waals surface area contributed by atoms with Crippen LogP contribution in [0.5, 0.6) is 0 Å². The third-order valence-electron chi connectivity index (χ3n) is 3.10. The molecular weight excluding hydrogens is 267 g/mol. The van der Waals surface area contributed by atoms with Crippen LogP contribution >= 0.6 is 0 Å². The van der Waals surface area contributed by atoms with Crippen LogP contribution in [-0.2, 0) is 10.0 Å². The number of nitrogen functional groups attached to an aromatic ring is 1. The number of hydrogen-bond donors (Lipinski definition) is 1. The van der Waals surface area contributed by atoms with Crippen molar-refractivity contribution >= 4 is 15.7 Å². The molecule has 1 fully saturated rings. The van der Waals surface area contributed by atoms with Crippen LogP contribution in [0.15, 0.2) is 23.1 Å². The lowest BCUT2D eigenvalue weighted by molar-refractivity contribution is 0.360. The van der Waals surface area contributed by atoms with Gasteiger partial charge in [0.2, 0.25) is 10.0 Å². The smallest absolute Gasteiger partial charge is 0.245 e. The van der Waals surface area contributed by atoms with Crippen LogP contribution in [0, 0.1) is 11.7 Å². The van der Waals surface area contributed by atoms with E-state index in [1.54, 1.807) is 0 Å². The van der Waals surface area contributed by atoms with Crippen molar-refractivity contribution < 1.29 is 12.8 Å². The fourth-order valence-electron chi connectivity index (χ4n) is 2.03. The lowest BCUT2D eigenvalue weighted by Gasteiger charge is -2.24. The highest BCUT2D eigenvalue weighted by Crippen LogP contribution is 2.34. The summed E-state index contributed by atoms with van der Waals surface area (Å²) in [6, 6.07) is 3.94. The Morgan fingerprint density at radius 1 is 1.42 bits per heavy atom. The predicted octanol–water partition coefficient (Wildman–Crippen LogP) is 2.22. The topological polar surface area (TPSA) is 63.4 Å². The Morgan fingerprint density at radius 2 is 2.05 bits per heavy atom. The molecule has 0 spiro atoms. The first-order chi connectivity index (χ1) is 8.84. The molecule has 0 aromatic heterocycles. The lowest BCUT2D eigenvalue weighted by atomic mass is 10.2. The quantitative estimate of drug-likeness (QED) is 0.844. The lowest BCUT2D eigenvalue weighted by Crippen LogP contribution is -2.36. The van der Waals surface area contributed by atoms with Crippen LogP contribution in [-0.4, -0.2) is 25.3 Å². The maximum absolute atomic E-state index is 13.4. The molecule has 2 rings (SSSR count). The fourth-order valence-corrected chi connectivity index (χ4v) is 4.01. The molecule has 0 radical (unpaired) electrons. The van der Waals surface area contributed by atoms with Gasteiger partial charge < -0.3 is 5.73 Å². The van der Waals surface area contributed by atoms with Crippen molar-refractivity contribution in [3.05, 3.63) is 24.0 Å². The first-order valence-corrected chi connectivity index (χ1v) is 7.84. The molecule has 6 heteroatoms. The Kier molecular flexibility index (Phi) is 3.82. The van der Waals surface area contributed by atoms with E-state index in [1.165, 1.54) is 16.4 Å². The number of para-hydroxylation sites is 1. The molecule has 4 nitrogen and oxygen atoms in total. The molecule has 2 N–H and O–H groups in total. The first kappa shape index (κ1) is 14.3.